The van der Waals surface area contributed by atoms with Crippen LogP contribution in [0.5, 0.6) is 0 Å². The van der Waals surface area contributed by atoms with Crippen molar-refractivity contribution in [1.82, 2.24) is 0 Å². The highest BCUT2D eigenvalue weighted by atomic mass is 15.2. The van der Waals surface area contributed by atoms with E-state index in [2.05, 4.69) is 83.8 Å². The second kappa shape index (κ2) is 8.05. The zero-order chi connectivity index (χ0) is 19.3. The van der Waals surface area contributed by atoms with Gasteiger partial charge in [0.25, 0.3) is 0 Å². The van der Waals surface area contributed by atoms with Gasteiger partial charge in [-0.25, -0.2) is 0 Å². The first-order valence-electron chi connectivity index (χ1n) is 9.44. The van der Waals surface area contributed by atoms with Crippen molar-refractivity contribution < 1.29 is 0 Å². The summed E-state index contributed by atoms with van der Waals surface area (Å²) in [6, 6.07) is 29.2. The Morgan fingerprint density at radius 3 is 1.86 bits per heavy atom. The Balaban J connectivity index is 1.78. The van der Waals surface area contributed by atoms with Gasteiger partial charge in [0.05, 0.1) is 11.4 Å². The molecule has 0 fully saturated rings. The predicted molar refractivity (Wildman–Crippen MR) is 119 cm³/mol. The molecule has 138 valence electrons. The smallest absolute Gasteiger partial charge is 0.0932 e. The van der Waals surface area contributed by atoms with Crippen molar-refractivity contribution in [2.24, 2.45) is 10.2 Å². The van der Waals surface area contributed by atoms with Crippen LogP contribution in [0.1, 0.15) is 23.1 Å². The normalized spacial score (nSPS) is 13.9. The molecule has 3 aromatic carbocycles. The van der Waals surface area contributed by atoms with Crippen LogP contribution in [-0.2, 0) is 0 Å². The topological polar surface area (TPSA) is 28.0 Å². The number of allylic oxidation sites excluding steroid dienone is 2. The van der Waals surface area contributed by atoms with Gasteiger partial charge in [0.15, 0.2) is 0 Å². The molecule has 0 radical (unpaired) electrons. The maximum Gasteiger partial charge on any atom is 0.0932 e. The number of rotatable bonds is 4. The van der Waals surface area contributed by atoms with Crippen molar-refractivity contribution in [3.05, 3.63) is 108 Å². The van der Waals surface area contributed by atoms with Crippen LogP contribution >= 0.6 is 0 Å². The zero-order valence-electron chi connectivity index (χ0n) is 16.2. The van der Waals surface area contributed by atoms with Crippen LogP contribution in [0.2, 0.25) is 0 Å². The second-order valence-electron chi connectivity index (χ2n) is 7.05. The molecule has 0 unspecified atom stereocenters. The molecule has 1 aliphatic heterocycles. The van der Waals surface area contributed by atoms with Gasteiger partial charge in [-0.05, 0) is 34.9 Å². The highest BCUT2D eigenvalue weighted by Gasteiger charge is 2.15. The summed E-state index contributed by atoms with van der Waals surface area (Å²) in [5, 5.41) is 9.21. The molecular weight excluding hydrogens is 342 g/mol. The van der Waals surface area contributed by atoms with Crippen molar-refractivity contribution in [1.29, 1.82) is 0 Å². The van der Waals surface area contributed by atoms with Crippen LogP contribution < -0.4 is 4.90 Å². The van der Waals surface area contributed by atoms with E-state index in [0.29, 0.717) is 0 Å². The van der Waals surface area contributed by atoms with Crippen LogP contribution in [0.4, 0.5) is 5.69 Å². The molecule has 0 aliphatic carbocycles. The van der Waals surface area contributed by atoms with E-state index in [4.69, 9.17) is 0 Å². The fourth-order valence-corrected chi connectivity index (χ4v) is 3.27. The van der Waals surface area contributed by atoms with Crippen LogP contribution in [0.25, 0.3) is 5.57 Å². The quantitative estimate of drug-likeness (QED) is 0.605. The van der Waals surface area contributed by atoms with Crippen molar-refractivity contribution in [3.63, 3.8) is 0 Å². The number of anilines is 1. The lowest BCUT2D eigenvalue weighted by atomic mass is 9.94. The third-order valence-electron chi connectivity index (χ3n) is 4.88. The van der Waals surface area contributed by atoms with Crippen LogP contribution in [0, 0.1) is 0 Å². The summed E-state index contributed by atoms with van der Waals surface area (Å²) in [4.78, 5) is 2.11. The number of hydrogen-bond acceptors (Lipinski definition) is 3. The molecule has 0 saturated carbocycles. The fourth-order valence-electron chi connectivity index (χ4n) is 3.27. The highest BCUT2D eigenvalue weighted by Crippen LogP contribution is 2.26. The van der Waals surface area contributed by atoms with Crippen LogP contribution in [-0.4, -0.2) is 25.5 Å². The predicted octanol–water partition coefficient (Wildman–Crippen LogP) is 5.43. The minimum Gasteiger partial charge on any atom is -0.378 e. The maximum atomic E-state index is 4.62. The molecule has 4 rings (SSSR count). The minimum atomic E-state index is 0.741. The van der Waals surface area contributed by atoms with Crippen molar-refractivity contribution in [3.8, 4) is 0 Å². The summed E-state index contributed by atoms with van der Waals surface area (Å²) in [5.74, 6) is 0. The zero-order valence-corrected chi connectivity index (χ0v) is 16.2. The molecule has 3 aromatic rings. The summed E-state index contributed by atoms with van der Waals surface area (Å²) in [6.45, 7) is 0. The van der Waals surface area contributed by atoms with E-state index in [0.717, 1.165) is 29.0 Å². The van der Waals surface area contributed by atoms with Crippen LogP contribution in [0.3, 0.4) is 0 Å². The fraction of sp³-hybridized carbons (Fsp3) is 0.120. The molecule has 0 N–H and O–H groups in total. The van der Waals surface area contributed by atoms with Gasteiger partial charge in [0.1, 0.15) is 0 Å². The molecule has 3 heteroatoms. The second-order valence-corrected chi connectivity index (χ2v) is 7.05. The van der Waals surface area contributed by atoms with E-state index in [1.807, 2.05) is 36.4 Å². The average Bonchev–Trinajstić information content (AvgIpc) is 2.98. The van der Waals surface area contributed by atoms with Gasteiger partial charge in [-0.1, -0.05) is 72.8 Å². The lowest BCUT2D eigenvalue weighted by molar-refractivity contribution is 1.13. The Morgan fingerprint density at radius 2 is 1.25 bits per heavy atom. The van der Waals surface area contributed by atoms with Gasteiger partial charge in [0, 0.05) is 31.8 Å². The Kier molecular flexibility index (Phi) is 5.16. The van der Waals surface area contributed by atoms with E-state index in [-0.39, 0.29) is 0 Å². The van der Waals surface area contributed by atoms with E-state index in [9.17, 15) is 0 Å². The van der Waals surface area contributed by atoms with Gasteiger partial charge in [0.2, 0.25) is 0 Å². The first-order chi connectivity index (χ1) is 13.7. The molecule has 0 bridgehead atoms. The minimum absolute atomic E-state index is 0.741. The summed E-state index contributed by atoms with van der Waals surface area (Å²) >= 11 is 0. The number of hydrogen-bond donors (Lipinski definition) is 0. The van der Waals surface area contributed by atoms with Crippen molar-refractivity contribution in [2.75, 3.05) is 19.0 Å². The summed E-state index contributed by atoms with van der Waals surface area (Å²) in [5.41, 5.74) is 7.65. The van der Waals surface area contributed by atoms with Gasteiger partial charge >= 0.3 is 0 Å². The molecular formula is C25H23N3. The van der Waals surface area contributed by atoms with E-state index >= 15 is 0 Å². The molecule has 3 nitrogen and oxygen atoms in total. The monoisotopic (exact) mass is 365 g/mol. The molecule has 1 aliphatic rings. The van der Waals surface area contributed by atoms with E-state index < -0.39 is 0 Å². The SMILES string of the molecule is CN(C)c1ccc(C2=CC(c3ccccc3)=NN=C(c3ccccc3)C2)cc1. The Hall–Kier alpha value is -3.46. The Morgan fingerprint density at radius 1 is 0.643 bits per heavy atom. The molecule has 0 saturated heterocycles. The first-order valence-corrected chi connectivity index (χ1v) is 9.44. The van der Waals surface area contributed by atoms with E-state index in [1.54, 1.807) is 0 Å². The van der Waals surface area contributed by atoms with Gasteiger partial charge in [-0.3, -0.25) is 0 Å². The lowest BCUT2D eigenvalue weighted by Crippen LogP contribution is -2.08. The third-order valence-corrected chi connectivity index (χ3v) is 4.88. The van der Waals surface area contributed by atoms with Crippen molar-refractivity contribution in [2.45, 2.75) is 6.42 Å². The van der Waals surface area contributed by atoms with Crippen molar-refractivity contribution >= 4 is 22.7 Å². The Bertz CT molecular complexity index is 1030. The van der Waals surface area contributed by atoms with Crippen LogP contribution in [0.15, 0.2) is 101 Å². The summed E-state index contributed by atoms with van der Waals surface area (Å²) < 4.78 is 0. The standard InChI is InChI=1S/C25H23N3/c1-28(2)23-15-13-19(14-16-23)22-17-24(20-9-5-3-6-10-20)26-27-25(18-22)21-11-7-4-8-12-21/h3-17H,18H2,1-2H3. The lowest BCUT2D eigenvalue weighted by Gasteiger charge is -2.14. The maximum absolute atomic E-state index is 4.62. The largest absolute Gasteiger partial charge is 0.378 e. The average molecular weight is 365 g/mol. The number of nitrogens with zero attached hydrogens (tertiary/aromatic N) is 3. The van der Waals surface area contributed by atoms with Gasteiger partial charge < -0.3 is 4.90 Å². The molecule has 0 spiro atoms. The van der Waals surface area contributed by atoms with Gasteiger partial charge in [-0.2, -0.15) is 10.2 Å². The van der Waals surface area contributed by atoms with E-state index in [1.165, 1.54) is 16.8 Å². The summed E-state index contributed by atoms with van der Waals surface area (Å²) in [7, 11) is 4.11. The third kappa shape index (κ3) is 3.94. The highest BCUT2D eigenvalue weighted by molar-refractivity contribution is 6.17. The molecule has 0 aromatic heterocycles. The van der Waals surface area contributed by atoms with Gasteiger partial charge in [-0.15, -0.1) is 0 Å². The summed E-state index contributed by atoms with van der Waals surface area (Å²) in [6.07, 6.45) is 2.91. The molecule has 0 atom stereocenters. The molecule has 28 heavy (non-hydrogen) atoms. The number of benzene rings is 3. The first kappa shape index (κ1) is 17.9. The Labute approximate surface area is 166 Å². The molecule has 1 heterocycles. The molecule has 0 amide bonds.